The Bertz CT molecular complexity index is 844. The van der Waals surface area contributed by atoms with Crippen LogP contribution in [0, 0.1) is 0 Å². The number of carbonyl (C=O) groups excluding carboxylic acids is 1. The summed E-state index contributed by atoms with van der Waals surface area (Å²) < 4.78 is 6.42. The van der Waals surface area contributed by atoms with Crippen molar-refractivity contribution < 1.29 is 9.53 Å². The molecule has 0 radical (unpaired) electrons. The molecular formula is C17H18ClN5O3. The molecule has 26 heavy (non-hydrogen) atoms. The van der Waals surface area contributed by atoms with Crippen LogP contribution in [0.2, 0.25) is 5.02 Å². The third-order valence-corrected chi connectivity index (χ3v) is 4.01. The normalized spacial score (nSPS) is 14.6. The van der Waals surface area contributed by atoms with Gasteiger partial charge in [0.2, 0.25) is 0 Å². The van der Waals surface area contributed by atoms with Crippen molar-refractivity contribution in [2.24, 2.45) is 5.10 Å². The minimum atomic E-state index is -0.441. The summed E-state index contributed by atoms with van der Waals surface area (Å²) in [5, 5.41) is 8.75. The van der Waals surface area contributed by atoms with Gasteiger partial charge in [-0.15, -0.1) is 0 Å². The van der Waals surface area contributed by atoms with Crippen LogP contribution in [-0.4, -0.2) is 48.2 Å². The first-order valence-corrected chi connectivity index (χ1v) is 8.48. The van der Waals surface area contributed by atoms with Crippen molar-refractivity contribution in [3.63, 3.8) is 0 Å². The molecule has 3 rings (SSSR count). The smallest absolute Gasteiger partial charge is 0.267 e. The van der Waals surface area contributed by atoms with Crippen LogP contribution in [-0.2, 0) is 16.1 Å². The number of hydrogen-bond acceptors (Lipinski definition) is 6. The van der Waals surface area contributed by atoms with Crippen LogP contribution in [0.15, 0.2) is 46.3 Å². The van der Waals surface area contributed by atoms with Gasteiger partial charge < -0.3 is 9.64 Å². The van der Waals surface area contributed by atoms with Gasteiger partial charge in [0, 0.05) is 24.2 Å². The zero-order chi connectivity index (χ0) is 18.4. The molecule has 1 aromatic heterocycles. The molecule has 1 aliphatic heterocycles. The van der Waals surface area contributed by atoms with Crippen molar-refractivity contribution in [3.05, 3.63) is 57.3 Å². The average Bonchev–Trinajstić information content (AvgIpc) is 2.66. The lowest BCUT2D eigenvalue weighted by Crippen LogP contribution is -2.39. The zero-order valence-electron chi connectivity index (χ0n) is 14.0. The highest BCUT2D eigenvalue weighted by Gasteiger charge is 2.14. The number of hydrazone groups is 1. The molecule has 0 atom stereocenters. The molecule has 0 bridgehead atoms. The second-order valence-electron chi connectivity index (χ2n) is 5.63. The van der Waals surface area contributed by atoms with Gasteiger partial charge in [-0.25, -0.2) is 10.1 Å². The fraction of sp³-hybridized carbons (Fsp3) is 0.294. The van der Waals surface area contributed by atoms with Crippen LogP contribution >= 0.6 is 11.6 Å². The largest absolute Gasteiger partial charge is 0.378 e. The highest BCUT2D eigenvalue weighted by atomic mass is 35.5. The fourth-order valence-corrected chi connectivity index (χ4v) is 2.54. The van der Waals surface area contributed by atoms with Crippen LogP contribution in [0.4, 0.5) is 5.82 Å². The van der Waals surface area contributed by atoms with Crippen LogP contribution in [0.3, 0.4) is 0 Å². The second-order valence-corrected chi connectivity index (χ2v) is 6.07. The van der Waals surface area contributed by atoms with Gasteiger partial charge in [0.1, 0.15) is 12.4 Å². The number of halogens is 1. The van der Waals surface area contributed by atoms with Gasteiger partial charge in [0.25, 0.3) is 11.5 Å². The molecule has 1 N–H and O–H groups in total. The Morgan fingerprint density at radius 1 is 1.23 bits per heavy atom. The number of aromatic nitrogens is 2. The quantitative estimate of drug-likeness (QED) is 0.619. The molecule has 8 nitrogen and oxygen atoms in total. The van der Waals surface area contributed by atoms with Crippen LogP contribution in [0.1, 0.15) is 5.56 Å². The van der Waals surface area contributed by atoms with Gasteiger partial charge in [-0.1, -0.05) is 23.7 Å². The zero-order valence-corrected chi connectivity index (χ0v) is 14.7. The molecule has 2 heterocycles. The van der Waals surface area contributed by atoms with E-state index in [-0.39, 0.29) is 12.1 Å². The van der Waals surface area contributed by atoms with E-state index in [1.54, 1.807) is 30.3 Å². The highest BCUT2D eigenvalue weighted by molar-refractivity contribution is 6.30. The van der Waals surface area contributed by atoms with E-state index in [2.05, 4.69) is 15.6 Å². The van der Waals surface area contributed by atoms with E-state index < -0.39 is 5.91 Å². The lowest BCUT2D eigenvalue weighted by atomic mass is 10.2. The first kappa shape index (κ1) is 18.1. The molecule has 0 aliphatic carbocycles. The monoisotopic (exact) mass is 375 g/mol. The summed E-state index contributed by atoms with van der Waals surface area (Å²) >= 11 is 5.81. The number of carbonyl (C=O) groups is 1. The summed E-state index contributed by atoms with van der Waals surface area (Å²) in [6.45, 7) is 2.40. The number of rotatable bonds is 5. The molecule has 136 valence electrons. The molecule has 1 aromatic carbocycles. The summed E-state index contributed by atoms with van der Waals surface area (Å²) in [5.74, 6) is 0.203. The van der Waals surface area contributed by atoms with Crippen molar-refractivity contribution in [1.29, 1.82) is 0 Å². The van der Waals surface area contributed by atoms with Gasteiger partial charge in [-0.3, -0.25) is 9.59 Å². The molecular weight excluding hydrogens is 358 g/mol. The Morgan fingerprint density at radius 2 is 1.96 bits per heavy atom. The van der Waals surface area contributed by atoms with E-state index in [1.807, 2.05) is 4.90 Å². The van der Waals surface area contributed by atoms with Crippen molar-refractivity contribution in [3.8, 4) is 0 Å². The fourth-order valence-electron chi connectivity index (χ4n) is 2.41. The summed E-state index contributed by atoms with van der Waals surface area (Å²) in [6, 6.07) is 10.1. The number of amides is 1. The van der Waals surface area contributed by atoms with Crippen LogP contribution in [0.25, 0.3) is 0 Å². The van der Waals surface area contributed by atoms with E-state index in [0.717, 1.165) is 10.2 Å². The number of morpholine rings is 1. The highest BCUT2D eigenvalue weighted by Crippen LogP contribution is 2.10. The summed E-state index contributed by atoms with van der Waals surface area (Å²) in [4.78, 5) is 26.0. The van der Waals surface area contributed by atoms with Crippen molar-refractivity contribution in [1.82, 2.24) is 15.2 Å². The van der Waals surface area contributed by atoms with Gasteiger partial charge in [0.05, 0.1) is 19.4 Å². The second kappa shape index (κ2) is 8.59. The Balaban J connectivity index is 1.61. The Kier molecular flexibility index (Phi) is 5.98. The standard InChI is InChI=1S/C17H18ClN5O3/c18-14-3-1-13(2-4-14)11-19-20-16(24)12-23-17(25)6-5-15(21-23)22-7-9-26-10-8-22/h1-6,11H,7-10,12H2,(H,20,24)/b19-11+. The third kappa shape index (κ3) is 4.90. The van der Waals surface area contributed by atoms with Crippen molar-refractivity contribution >= 4 is 29.5 Å². The Morgan fingerprint density at radius 3 is 2.69 bits per heavy atom. The van der Waals surface area contributed by atoms with Crippen LogP contribution in [0.5, 0.6) is 0 Å². The predicted molar refractivity (Wildman–Crippen MR) is 98.7 cm³/mol. The van der Waals surface area contributed by atoms with E-state index in [0.29, 0.717) is 37.1 Å². The summed E-state index contributed by atoms with van der Waals surface area (Å²) in [7, 11) is 0. The Labute approximate surface area is 155 Å². The first-order valence-electron chi connectivity index (χ1n) is 8.10. The van der Waals surface area contributed by atoms with Gasteiger partial charge in [0.15, 0.2) is 0 Å². The molecule has 1 fully saturated rings. The number of anilines is 1. The van der Waals surface area contributed by atoms with E-state index in [9.17, 15) is 9.59 Å². The van der Waals surface area contributed by atoms with E-state index in [1.165, 1.54) is 12.3 Å². The minimum absolute atomic E-state index is 0.213. The topological polar surface area (TPSA) is 88.8 Å². The molecule has 9 heteroatoms. The lowest BCUT2D eigenvalue weighted by Gasteiger charge is -2.27. The van der Waals surface area contributed by atoms with Crippen molar-refractivity contribution in [2.45, 2.75) is 6.54 Å². The summed E-state index contributed by atoms with van der Waals surface area (Å²) in [6.07, 6.45) is 1.49. The number of benzene rings is 1. The van der Waals surface area contributed by atoms with Gasteiger partial charge >= 0.3 is 0 Å². The van der Waals surface area contributed by atoms with Gasteiger partial charge in [-0.2, -0.15) is 10.2 Å². The van der Waals surface area contributed by atoms with E-state index >= 15 is 0 Å². The first-order chi connectivity index (χ1) is 12.6. The Hall–Kier alpha value is -2.71. The number of ether oxygens (including phenoxy) is 1. The molecule has 1 saturated heterocycles. The average molecular weight is 376 g/mol. The van der Waals surface area contributed by atoms with E-state index in [4.69, 9.17) is 16.3 Å². The predicted octanol–water partition coefficient (Wildman–Crippen LogP) is 0.884. The maximum atomic E-state index is 12.0. The number of nitrogens with one attached hydrogen (secondary N) is 1. The SMILES string of the molecule is O=C(Cn1nc(N2CCOCC2)ccc1=O)N/N=C/c1ccc(Cl)cc1. The molecule has 0 saturated carbocycles. The molecule has 0 unspecified atom stereocenters. The molecule has 0 spiro atoms. The van der Waals surface area contributed by atoms with Gasteiger partial charge in [-0.05, 0) is 23.8 Å². The third-order valence-electron chi connectivity index (χ3n) is 3.75. The maximum absolute atomic E-state index is 12.0. The molecule has 1 amide bonds. The summed E-state index contributed by atoms with van der Waals surface area (Å²) in [5.41, 5.74) is 2.83. The minimum Gasteiger partial charge on any atom is -0.378 e. The molecule has 2 aromatic rings. The lowest BCUT2D eigenvalue weighted by molar-refractivity contribution is -0.121. The molecule has 1 aliphatic rings. The number of nitrogens with zero attached hydrogens (tertiary/aromatic N) is 4. The van der Waals surface area contributed by atoms with Crippen molar-refractivity contribution in [2.75, 3.05) is 31.2 Å². The van der Waals surface area contributed by atoms with Crippen LogP contribution < -0.4 is 15.9 Å². The maximum Gasteiger partial charge on any atom is 0.267 e. The number of hydrogen-bond donors (Lipinski definition) is 1.